The average molecular weight is 231 g/mol. The number of nitrogen functional groups attached to an aromatic ring is 1. The van der Waals surface area contributed by atoms with Crippen LogP contribution in [-0.4, -0.2) is 6.18 Å². The monoisotopic (exact) mass is 231 g/mol. The number of rotatable bonds is 3. The van der Waals surface area contributed by atoms with E-state index >= 15 is 0 Å². The van der Waals surface area contributed by atoms with Gasteiger partial charge in [0.1, 0.15) is 0 Å². The van der Waals surface area contributed by atoms with Crippen LogP contribution in [0.25, 0.3) is 0 Å². The van der Waals surface area contributed by atoms with Gasteiger partial charge in [0, 0.05) is 5.69 Å². The minimum absolute atomic E-state index is 0.0220. The van der Waals surface area contributed by atoms with Crippen LogP contribution in [0.1, 0.15) is 31.7 Å². The summed E-state index contributed by atoms with van der Waals surface area (Å²) in [5.41, 5.74) is 5.99. The quantitative estimate of drug-likeness (QED) is 0.783. The Hall–Kier alpha value is -1.19. The van der Waals surface area contributed by atoms with Crippen LogP contribution in [-0.2, 0) is 0 Å². The van der Waals surface area contributed by atoms with Gasteiger partial charge in [0.15, 0.2) is 0 Å². The predicted octanol–water partition coefficient (Wildman–Crippen LogP) is 3.96. The highest BCUT2D eigenvalue weighted by atomic mass is 19.4. The molecule has 0 bridgehead atoms. The van der Waals surface area contributed by atoms with Gasteiger partial charge in [-0.3, -0.25) is 0 Å². The number of anilines is 1. The molecule has 90 valence electrons. The molecular formula is C12H16F3N. The smallest absolute Gasteiger partial charge is 0.395 e. The Morgan fingerprint density at radius 1 is 1.19 bits per heavy atom. The maximum atomic E-state index is 12.9. The van der Waals surface area contributed by atoms with Crippen molar-refractivity contribution in [1.82, 2.24) is 0 Å². The molecule has 1 aromatic rings. The maximum Gasteiger partial charge on any atom is 0.395 e. The summed E-state index contributed by atoms with van der Waals surface area (Å²) in [6.07, 6.45) is -4.17. The van der Waals surface area contributed by atoms with E-state index in [0.717, 1.165) is 0 Å². The molecule has 2 N–H and O–H groups in total. The first-order chi connectivity index (χ1) is 7.32. The van der Waals surface area contributed by atoms with Crippen molar-refractivity contribution in [2.45, 2.75) is 32.4 Å². The van der Waals surface area contributed by atoms with Gasteiger partial charge in [0.05, 0.1) is 5.92 Å². The molecule has 0 saturated carbocycles. The first-order valence-corrected chi connectivity index (χ1v) is 5.23. The second-order valence-corrected chi connectivity index (χ2v) is 4.35. The lowest BCUT2D eigenvalue weighted by atomic mass is 9.89. The third-order valence-electron chi connectivity index (χ3n) is 2.47. The van der Waals surface area contributed by atoms with Gasteiger partial charge in [-0.25, -0.2) is 0 Å². The fourth-order valence-corrected chi connectivity index (χ4v) is 1.74. The number of nitrogens with two attached hydrogens (primary N) is 1. The van der Waals surface area contributed by atoms with Crippen LogP contribution in [0.4, 0.5) is 18.9 Å². The Balaban J connectivity index is 3.07. The van der Waals surface area contributed by atoms with Crippen LogP contribution in [0.2, 0.25) is 0 Å². The van der Waals surface area contributed by atoms with E-state index in [4.69, 9.17) is 5.73 Å². The maximum absolute atomic E-state index is 12.9. The molecule has 0 heterocycles. The Kier molecular flexibility index (Phi) is 3.83. The molecule has 4 heteroatoms. The third-order valence-corrected chi connectivity index (χ3v) is 2.47. The second-order valence-electron chi connectivity index (χ2n) is 4.35. The standard InChI is InChI=1S/C12H16F3N/c1-8(2)7-10(12(13,14)15)9-5-3-4-6-11(9)16/h3-6,8,10H,7,16H2,1-2H3. The minimum atomic E-state index is -4.24. The number of hydrogen-bond acceptors (Lipinski definition) is 1. The molecule has 1 atom stereocenters. The van der Waals surface area contributed by atoms with E-state index in [0.29, 0.717) is 0 Å². The van der Waals surface area contributed by atoms with E-state index in [-0.39, 0.29) is 23.6 Å². The average Bonchev–Trinajstić information content (AvgIpc) is 2.13. The largest absolute Gasteiger partial charge is 0.398 e. The van der Waals surface area contributed by atoms with E-state index in [1.807, 2.05) is 0 Å². The number of para-hydroxylation sites is 1. The fraction of sp³-hybridized carbons (Fsp3) is 0.500. The molecule has 0 fully saturated rings. The number of halogens is 3. The summed E-state index contributed by atoms with van der Waals surface area (Å²) in [7, 11) is 0. The summed E-state index contributed by atoms with van der Waals surface area (Å²) >= 11 is 0. The molecule has 0 saturated heterocycles. The molecule has 0 aliphatic heterocycles. The van der Waals surface area contributed by atoms with Crippen molar-refractivity contribution in [2.24, 2.45) is 5.92 Å². The normalized spacial score (nSPS) is 14.1. The molecule has 0 aromatic heterocycles. The predicted molar refractivity (Wildman–Crippen MR) is 59.1 cm³/mol. The molecule has 0 aliphatic rings. The van der Waals surface area contributed by atoms with E-state index in [2.05, 4.69) is 0 Å². The van der Waals surface area contributed by atoms with Crippen molar-refractivity contribution in [3.05, 3.63) is 29.8 Å². The first kappa shape index (κ1) is 12.9. The van der Waals surface area contributed by atoms with E-state index in [9.17, 15) is 13.2 Å². The van der Waals surface area contributed by atoms with Crippen LogP contribution in [0.3, 0.4) is 0 Å². The van der Waals surface area contributed by atoms with Gasteiger partial charge in [-0.1, -0.05) is 32.0 Å². The van der Waals surface area contributed by atoms with Crippen molar-refractivity contribution in [3.63, 3.8) is 0 Å². The SMILES string of the molecule is CC(C)CC(c1ccccc1N)C(F)(F)F. The summed E-state index contributed by atoms with van der Waals surface area (Å²) in [5, 5.41) is 0. The second kappa shape index (κ2) is 4.76. The van der Waals surface area contributed by atoms with E-state index in [1.54, 1.807) is 26.0 Å². The van der Waals surface area contributed by atoms with Gasteiger partial charge < -0.3 is 5.73 Å². The Morgan fingerprint density at radius 2 is 1.75 bits per heavy atom. The Bertz CT molecular complexity index is 344. The molecule has 1 rings (SSSR count). The highest BCUT2D eigenvalue weighted by Gasteiger charge is 2.41. The zero-order valence-corrected chi connectivity index (χ0v) is 9.38. The molecule has 0 amide bonds. The highest BCUT2D eigenvalue weighted by molar-refractivity contribution is 5.48. The molecule has 0 spiro atoms. The van der Waals surface area contributed by atoms with Gasteiger partial charge >= 0.3 is 6.18 Å². The third kappa shape index (κ3) is 3.15. The Labute approximate surface area is 93.5 Å². The lowest BCUT2D eigenvalue weighted by molar-refractivity contribution is -0.153. The molecule has 0 radical (unpaired) electrons. The van der Waals surface area contributed by atoms with Crippen molar-refractivity contribution >= 4 is 5.69 Å². The highest BCUT2D eigenvalue weighted by Crippen LogP contribution is 2.41. The summed E-state index contributed by atoms with van der Waals surface area (Å²) < 4.78 is 38.7. The number of alkyl halides is 3. The topological polar surface area (TPSA) is 26.0 Å². The molecule has 1 nitrogen and oxygen atoms in total. The molecule has 16 heavy (non-hydrogen) atoms. The van der Waals surface area contributed by atoms with Gasteiger partial charge in [-0.2, -0.15) is 13.2 Å². The molecule has 1 aromatic carbocycles. The molecule has 0 aliphatic carbocycles. The van der Waals surface area contributed by atoms with Crippen LogP contribution in [0, 0.1) is 5.92 Å². The van der Waals surface area contributed by atoms with E-state index in [1.165, 1.54) is 12.1 Å². The van der Waals surface area contributed by atoms with Crippen molar-refractivity contribution < 1.29 is 13.2 Å². The van der Waals surface area contributed by atoms with Crippen LogP contribution < -0.4 is 5.73 Å². The summed E-state index contributed by atoms with van der Waals surface area (Å²) in [6.45, 7) is 3.55. The first-order valence-electron chi connectivity index (χ1n) is 5.23. The van der Waals surface area contributed by atoms with Crippen LogP contribution in [0.5, 0.6) is 0 Å². The van der Waals surface area contributed by atoms with Crippen molar-refractivity contribution in [2.75, 3.05) is 5.73 Å². The van der Waals surface area contributed by atoms with Crippen LogP contribution >= 0.6 is 0 Å². The zero-order valence-electron chi connectivity index (χ0n) is 9.38. The van der Waals surface area contributed by atoms with Crippen LogP contribution in [0.15, 0.2) is 24.3 Å². The lowest BCUT2D eigenvalue weighted by Gasteiger charge is -2.23. The zero-order chi connectivity index (χ0) is 12.3. The number of hydrogen-bond donors (Lipinski definition) is 1. The summed E-state index contributed by atoms with van der Waals surface area (Å²) in [5.74, 6) is -1.49. The molecule has 1 unspecified atom stereocenters. The van der Waals surface area contributed by atoms with Gasteiger partial charge in [0.2, 0.25) is 0 Å². The summed E-state index contributed by atoms with van der Waals surface area (Å²) in [4.78, 5) is 0. The van der Waals surface area contributed by atoms with Gasteiger partial charge in [-0.05, 0) is 24.0 Å². The fourth-order valence-electron chi connectivity index (χ4n) is 1.74. The van der Waals surface area contributed by atoms with Gasteiger partial charge in [-0.15, -0.1) is 0 Å². The molecular weight excluding hydrogens is 215 g/mol. The van der Waals surface area contributed by atoms with Gasteiger partial charge in [0.25, 0.3) is 0 Å². The van der Waals surface area contributed by atoms with Crippen molar-refractivity contribution in [1.29, 1.82) is 0 Å². The lowest BCUT2D eigenvalue weighted by Crippen LogP contribution is -2.23. The number of benzene rings is 1. The minimum Gasteiger partial charge on any atom is -0.398 e. The van der Waals surface area contributed by atoms with E-state index < -0.39 is 12.1 Å². The Morgan fingerprint density at radius 3 is 2.19 bits per heavy atom. The summed E-state index contributed by atoms with van der Waals surface area (Å²) in [6, 6.07) is 6.19. The van der Waals surface area contributed by atoms with Crippen molar-refractivity contribution in [3.8, 4) is 0 Å².